The third kappa shape index (κ3) is 2.41. The van der Waals surface area contributed by atoms with E-state index in [2.05, 4.69) is 10.2 Å². The van der Waals surface area contributed by atoms with Gasteiger partial charge in [0.2, 0.25) is 5.88 Å². The molecule has 5 heteroatoms. The lowest BCUT2D eigenvalue weighted by atomic mass is 10.2. The van der Waals surface area contributed by atoms with Gasteiger partial charge in [-0.15, -0.1) is 10.2 Å². The van der Waals surface area contributed by atoms with Gasteiger partial charge in [0, 0.05) is 11.8 Å². The first-order chi connectivity index (χ1) is 7.65. The Morgan fingerprint density at radius 2 is 2.00 bits per heavy atom. The Hall–Kier alpha value is -1.81. The number of anilines is 1. The van der Waals surface area contributed by atoms with Crippen LogP contribution in [0.4, 0.5) is 5.69 Å². The number of aryl methyl sites for hydroxylation is 1. The zero-order valence-electron chi connectivity index (χ0n) is 8.64. The van der Waals surface area contributed by atoms with Gasteiger partial charge in [-0.3, -0.25) is 0 Å². The second-order valence-corrected chi connectivity index (χ2v) is 3.71. The Balaban J connectivity index is 2.23. The summed E-state index contributed by atoms with van der Waals surface area (Å²) >= 11 is 5.62. The highest BCUT2D eigenvalue weighted by Gasteiger charge is 2.03. The molecule has 2 N–H and O–H groups in total. The van der Waals surface area contributed by atoms with Crippen LogP contribution in [0.25, 0.3) is 0 Å². The van der Waals surface area contributed by atoms with Crippen LogP contribution in [0.2, 0.25) is 5.15 Å². The maximum absolute atomic E-state index is 5.64. The van der Waals surface area contributed by atoms with Gasteiger partial charge in [0.05, 0.1) is 0 Å². The molecule has 1 aromatic carbocycles. The minimum Gasteiger partial charge on any atom is -0.437 e. The Morgan fingerprint density at radius 1 is 1.19 bits per heavy atom. The van der Waals surface area contributed by atoms with Crippen molar-refractivity contribution in [1.29, 1.82) is 0 Å². The second kappa shape index (κ2) is 4.37. The van der Waals surface area contributed by atoms with Crippen LogP contribution >= 0.6 is 11.6 Å². The molecule has 1 heterocycles. The summed E-state index contributed by atoms with van der Waals surface area (Å²) in [6.45, 7) is 1.91. The van der Waals surface area contributed by atoms with Crippen LogP contribution in [0.15, 0.2) is 30.3 Å². The Morgan fingerprint density at radius 3 is 2.62 bits per heavy atom. The van der Waals surface area contributed by atoms with Crippen molar-refractivity contribution in [2.75, 3.05) is 5.73 Å². The zero-order valence-corrected chi connectivity index (χ0v) is 9.40. The molecule has 0 aliphatic heterocycles. The molecule has 0 spiro atoms. The van der Waals surface area contributed by atoms with Crippen molar-refractivity contribution < 1.29 is 4.74 Å². The highest BCUT2D eigenvalue weighted by atomic mass is 35.5. The Kier molecular flexibility index (Phi) is 2.92. The highest BCUT2D eigenvalue weighted by Crippen LogP contribution is 2.25. The first kappa shape index (κ1) is 10.7. The van der Waals surface area contributed by atoms with E-state index in [9.17, 15) is 0 Å². The summed E-state index contributed by atoms with van der Waals surface area (Å²) in [6.07, 6.45) is 0. The van der Waals surface area contributed by atoms with Gasteiger partial charge in [-0.25, -0.2) is 0 Å². The van der Waals surface area contributed by atoms with Gasteiger partial charge in [-0.1, -0.05) is 11.6 Å². The number of nitrogen functional groups attached to an aromatic ring is 1. The number of halogens is 1. The summed E-state index contributed by atoms with van der Waals surface area (Å²) in [4.78, 5) is 0. The third-order valence-corrected chi connectivity index (χ3v) is 2.22. The van der Waals surface area contributed by atoms with Gasteiger partial charge < -0.3 is 10.5 Å². The zero-order chi connectivity index (χ0) is 11.5. The number of benzene rings is 1. The molecule has 0 saturated carbocycles. The summed E-state index contributed by atoms with van der Waals surface area (Å²) in [5, 5.41) is 7.82. The van der Waals surface area contributed by atoms with Crippen molar-refractivity contribution in [1.82, 2.24) is 10.2 Å². The lowest BCUT2D eigenvalue weighted by Crippen LogP contribution is -1.93. The number of rotatable bonds is 2. The van der Waals surface area contributed by atoms with E-state index in [1.807, 2.05) is 13.0 Å². The summed E-state index contributed by atoms with van der Waals surface area (Å²) < 4.78 is 5.53. The summed E-state index contributed by atoms with van der Waals surface area (Å²) in [6, 6.07) is 8.67. The summed E-state index contributed by atoms with van der Waals surface area (Å²) in [5.41, 5.74) is 7.28. The van der Waals surface area contributed by atoms with E-state index in [-0.39, 0.29) is 0 Å². The molecule has 4 nitrogen and oxygen atoms in total. The molecule has 2 rings (SSSR count). The van der Waals surface area contributed by atoms with Crippen LogP contribution in [-0.4, -0.2) is 10.2 Å². The molecule has 0 fully saturated rings. The van der Waals surface area contributed by atoms with Crippen molar-refractivity contribution in [3.8, 4) is 11.6 Å². The van der Waals surface area contributed by atoms with Crippen molar-refractivity contribution in [3.05, 3.63) is 41.0 Å². The first-order valence-corrected chi connectivity index (χ1v) is 5.06. The predicted octanol–water partition coefficient (Wildman–Crippen LogP) is 2.81. The molecule has 0 amide bonds. The van der Waals surface area contributed by atoms with Crippen LogP contribution in [-0.2, 0) is 0 Å². The average Bonchev–Trinajstić information content (AvgIpc) is 2.25. The fourth-order valence-electron chi connectivity index (χ4n) is 1.26. The maximum atomic E-state index is 5.64. The summed E-state index contributed by atoms with van der Waals surface area (Å²) in [7, 11) is 0. The van der Waals surface area contributed by atoms with Gasteiger partial charge in [-0.2, -0.15) is 0 Å². The van der Waals surface area contributed by atoms with E-state index in [4.69, 9.17) is 22.1 Å². The fraction of sp³-hybridized carbons (Fsp3) is 0.0909. The minimum atomic E-state index is 0.335. The molecule has 82 valence electrons. The van der Waals surface area contributed by atoms with Crippen LogP contribution in [0.5, 0.6) is 11.6 Å². The van der Waals surface area contributed by atoms with E-state index in [1.54, 1.807) is 24.3 Å². The predicted molar refractivity (Wildman–Crippen MR) is 62.7 cm³/mol. The van der Waals surface area contributed by atoms with Crippen LogP contribution in [0.1, 0.15) is 5.56 Å². The molecule has 0 aliphatic carbocycles. The smallest absolute Gasteiger partial charge is 0.238 e. The van der Waals surface area contributed by atoms with Gasteiger partial charge in [0.15, 0.2) is 5.15 Å². The average molecular weight is 236 g/mol. The van der Waals surface area contributed by atoms with Gasteiger partial charge in [0.25, 0.3) is 0 Å². The molecule has 1 aromatic heterocycles. The van der Waals surface area contributed by atoms with E-state index in [0.717, 1.165) is 5.56 Å². The van der Waals surface area contributed by atoms with Crippen LogP contribution in [0.3, 0.4) is 0 Å². The monoisotopic (exact) mass is 235 g/mol. The van der Waals surface area contributed by atoms with Crippen molar-refractivity contribution in [2.45, 2.75) is 6.92 Å². The standard InChI is InChI=1S/C11H10ClN3O/c1-7-6-8(13)2-3-9(7)16-11-5-4-10(12)14-15-11/h2-6H,13H2,1H3. The topological polar surface area (TPSA) is 61.0 Å². The molecule has 0 bridgehead atoms. The molecular formula is C11H10ClN3O. The summed E-state index contributed by atoms with van der Waals surface area (Å²) in [5.74, 6) is 1.10. The fourth-order valence-corrected chi connectivity index (χ4v) is 1.36. The lowest BCUT2D eigenvalue weighted by Gasteiger charge is -2.07. The van der Waals surface area contributed by atoms with Crippen LogP contribution in [0, 0.1) is 6.92 Å². The quantitative estimate of drug-likeness (QED) is 0.813. The third-order valence-electron chi connectivity index (χ3n) is 2.02. The molecule has 0 radical (unpaired) electrons. The Bertz CT molecular complexity index is 499. The first-order valence-electron chi connectivity index (χ1n) is 4.68. The number of nitrogens with zero attached hydrogens (tertiary/aromatic N) is 2. The maximum Gasteiger partial charge on any atom is 0.238 e. The number of aromatic nitrogens is 2. The minimum absolute atomic E-state index is 0.335. The van der Waals surface area contributed by atoms with Crippen LogP contribution < -0.4 is 10.5 Å². The normalized spacial score (nSPS) is 10.1. The van der Waals surface area contributed by atoms with E-state index in [1.165, 1.54) is 0 Å². The van der Waals surface area contributed by atoms with E-state index in [0.29, 0.717) is 22.5 Å². The van der Waals surface area contributed by atoms with Crippen molar-refractivity contribution >= 4 is 17.3 Å². The van der Waals surface area contributed by atoms with Gasteiger partial charge in [-0.05, 0) is 36.8 Å². The SMILES string of the molecule is Cc1cc(N)ccc1Oc1ccc(Cl)nn1. The van der Waals surface area contributed by atoms with Gasteiger partial charge >= 0.3 is 0 Å². The molecule has 0 atom stereocenters. The number of hydrogen-bond donors (Lipinski definition) is 1. The molecule has 2 aromatic rings. The van der Waals surface area contributed by atoms with Crippen molar-refractivity contribution in [2.24, 2.45) is 0 Å². The molecular weight excluding hydrogens is 226 g/mol. The largest absolute Gasteiger partial charge is 0.437 e. The molecule has 0 unspecified atom stereocenters. The van der Waals surface area contributed by atoms with Gasteiger partial charge in [0.1, 0.15) is 5.75 Å². The lowest BCUT2D eigenvalue weighted by molar-refractivity contribution is 0.452. The molecule has 0 saturated heterocycles. The second-order valence-electron chi connectivity index (χ2n) is 3.32. The van der Waals surface area contributed by atoms with Crippen molar-refractivity contribution in [3.63, 3.8) is 0 Å². The number of nitrogens with two attached hydrogens (primary N) is 1. The Labute approximate surface area is 98.0 Å². The highest BCUT2D eigenvalue weighted by molar-refractivity contribution is 6.29. The van der Waals surface area contributed by atoms with E-state index >= 15 is 0 Å². The molecule has 16 heavy (non-hydrogen) atoms. The number of ether oxygens (including phenoxy) is 1. The number of hydrogen-bond acceptors (Lipinski definition) is 4. The molecule has 0 aliphatic rings. The van der Waals surface area contributed by atoms with E-state index < -0.39 is 0 Å².